The van der Waals surface area contributed by atoms with E-state index in [1.165, 1.54) is 6.20 Å². The molecule has 0 radical (unpaired) electrons. The maximum Gasteiger partial charge on any atom is 0.255 e. The van der Waals surface area contributed by atoms with Gasteiger partial charge in [-0.3, -0.25) is 9.59 Å². The van der Waals surface area contributed by atoms with E-state index in [9.17, 15) is 18.9 Å². The number of piperidine rings is 1. The number of likely N-dealkylation sites (tertiary alicyclic amines) is 1. The number of hydrogen-bond acceptors (Lipinski definition) is 6. The number of benzene rings is 2. The molecule has 1 aromatic heterocycles. The van der Waals surface area contributed by atoms with Crippen LogP contribution in [-0.4, -0.2) is 69.5 Å². The number of β-amino-alcohol motifs (C(OH)–C–C–N with tert-alkyl or cyclic N) is 1. The molecule has 9 nitrogen and oxygen atoms in total. The second-order valence-corrected chi connectivity index (χ2v) is 12.0. The van der Waals surface area contributed by atoms with Gasteiger partial charge in [-0.25, -0.2) is 8.93 Å². The minimum atomic E-state index is -1.42. The first-order valence-electron chi connectivity index (χ1n) is 12.9. The third-order valence-electron chi connectivity index (χ3n) is 6.88. The van der Waals surface area contributed by atoms with Gasteiger partial charge in [-0.15, -0.1) is 0 Å². The topological polar surface area (TPSA) is 124 Å². The van der Waals surface area contributed by atoms with Crippen molar-refractivity contribution < 1.29 is 18.8 Å². The maximum atomic E-state index is 12.9. The first-order chi connectivity index (χ1) is 18.8. The molecule has 4 N–H and O–H groups in total. The Labute approximate surface area is 238 Å². The number of aliphatic hydroxyl groups excluding tert-OH is 1. The molecule has 0 spiro atoms. The Morgan fingerprint density at radius 3 is 2.59 bits per heavy atom. The monoisotopic (exact) mass is 592 g/mol. The zero-order chi connectivity index (χ0) is 27.5. The number of aliphatic hydroxyl groups is 1. The van der Waals surface area contributed by atoms with Gasteiger partial charge in [0.15, 0.2) is 0 Å². The van der Waals surface area contributed by atoms with E-state index in [4.69, 9.17) is 27.9 Å². The molecule has 1 saturated carbocycles. The van der Waals surface area contributed by atoms with Crippen molar-refractivity contribution >= 4 is 50.9 Å². The van der Waals surface area contributed by atoms with Gasteiger partial charge in [-0.1, -0.05) is 29.3 Å². The van der Waals surface area contributed by atoms with Crippen molar-refractivity contribution in [3.8, 4) is 5.75 Å². The second-order valence-electron chi connectivity index (χ2n) is 9.96. The van der Waals surface area contributed by atoms with Gasteiger partial charge in [0.05, 0.1) is 26.6 Å². The van der Waals surface area contributed by atoms with Gasteiger partial charge < -0.3 is 25.0 Å². The van der Waals surface area contributed by atoms with E-state index in [1.807, 2.05) is 0 Å². The van der Waals surface area contributed by atoms with Crippen LogP contribution in [0.25, 0.3) is 10.8 Å². The molecular weight excluding hydrogens is 563 g/mol. The molecule has 208 valence electrons. The third-order valence-corrected chi connectivity index (χ3v) is 8.85. The zero-order valence-electron chi connectivity index (χ0n) is 21.1. The maximum absolute atomic E-state index is 12.9. The fourth-order valence-electron chi connectivity index (χ4n) is 4.58. The highest BCUT2D eigenvalue weighted by Gasteiger charge is 2.25. The predicted molar refractivity (Wildman–Crippen MR) is 152 cm³/mol. The molecule has 2 atom stereocenters. The number of halogens is 2. The average molecular weight is 594 g/mol. The highest BCUT2D eigenvalue weighted by Crippen LogP contribution is 2.28. The summed E-state index contributed by atoms with van der Waals surface area (Å²) in [4.78, 5) is 30.6. The molecule has 1 aliphatic heterocycles. The fourth-order valence-corrected chi connectivity index (χ4v) is 5.96. The van der Waals surface area contributed by atoms with Crippen LogP contribution in [0.4, 0.5) is 0 Å². The summed E-state index contributed by atoms with van der Waals surface area (Å²) in [6.07, 6.45) is 4.22. The quantitative estimate of drug-likeness (QED) is 0.286. The Kier molecular flexibility index (Phi) is 8.90. The number of ether oxygens (including phenoxy) is 1. The van der Waals surface area contributed by atoms with Crippen molar-refractivity contribution in [1.29, 1.82) is 0 Å². The Hall–Kier alpha value is -2.47. The average Bonchev–Trinajstić information content (AvgIpc) is 3.74. The molecule has 1 amide bonds. The minimum Gasteiger partial charge on any atom is -0.490 e. The second kappa shape index (κ2) is 12.4. The summed E-state index contributed by atoms with van der Waals surface area (Å²) >= 11 is 12.0. The molecule has 1 aliphatic carbocycles. The smallest absolute Gasteiger partial charge is 0.255 e. The molecule has 2 aromatic carbocycles. The van der Waals surface area contributed by atoms with Crippen LogP contribution in [0.15, 0.2) is 52.3 Å². The van der Waals surface area contributed by atoms with Crippen molar-refractivity contribution in [2.24, 2.45) is 0 Å². The number of aromatic amines is 1. The number of carbonyl (C=O) groups is 1. The standard InChI is InChI=1S/C27H30Cl2N4O5S/c28-24-6-3-19(11-25(24)29)38-18-7-9-33(10-8-18)15-17(34)13-30-27(36)23-14-31-26(35)22-12-20(4-5-21(22)23)39(37)32-16-1-2-16/h3-6,11-12,14,16-18,32,34H,1-2,7-10,13,15H2,(H,30,36)(H,31,35)/t17-,39?/m1/s1. The molecule has 39 heavy (non-hydrogen) atoms. The molecule has 2 aliphatic rings. The molecule has 0 bridgehead atoms. The van der Waals surface area contributed by atoms with Crippen LogP contribution in [0, 0.1) is 0 Å². The van der Waals surface area contributed by atoms with E-state index in [0.29, 0.717) is 32.6 Å². The lowest BCUT2D eigenvalue weighted by molar-refractivity contribution is 0.0594. The third kappa shape index (κ3) is 7.19. The number of aromatic nitrogens is 1. The normalized spacial score (nSPS) is 18.1. The summed E-state index contributed by atoms with van der Waals surface area (Å²) in [6, 6.07) is 10.3. The number of rotatable bonds is 10. The number of pyridine rings is 1. The SMILES string of the molecule is O=C(NC[C@@H](O)CN1CCC(Oc2ccc(Cl)c(Cl)c2)CC1)c1c[nH]c(=O)c2cc(S(=O)NC3CC3)ccc12. The summed E-state index contributed by atoms with van der Waals surface area (Å²) in [5.41, 5.74) is -0.0806. The van der Waals surface area contributed by atoms with E-state index >= 15 is 0 Å². The van der Waals surface area contributed by atoms with Crippen molar-refractivity contribution in [2.75, 3.05) is 26.2 Å². The molecular formula is C27H30Cl2N4O5S. The van der Waals surface area contributed by atoms with Gasteiger partial charge in [0.2, 0.25) is 0 Å². The Balaban J connectivity index is 1.12. The lowest BCUT2D eigenvalue weighted by Crippen LogP contribution is -2.45. The lowest BCUT2D eigenvalue weighted by atomic mass is 10.1. The number of fused-ring (bicyclic) bond motifs is 1. The summed E-state index contributed by atoms with van der Waals surface area (Å²) in [5, 5.41) is 15.0. The van der Waals surface area contributed by atoms with E-state index in [1.54, 1.807) is 36.4 Å². The molecule has 3 aromatic rings. The Morgan fingerprint density at radius 2 is 1.87 bits per heavy atom. The van der Waals surface area contributed by atoms with E-state index in [0.717, 1.165) is 38.8 Å². The Morgan fingerprint density at radius 1 is 1.10 bits per heavy atom. The summed E-state index contributed by atoms with van der Waals surface area (Å²) in [6.45, 7) is 1.98. The number of nitrogens with zero attached hydrogens (tertiary/aromatic N) is 1. The molecule has 2 heterocycles. The molecule has 1 saturated heterocycles. The van der Waals surface area contributed by atoms with Gasteiger partial charge >= 0.3 is 0 Å². The van der Waals surface area contributed by atoms with E-state index in [2.05, 4.69) is 19.9 Å². The van der Waals surface area contributed by atoms with Crippen molar-refractivity contribution in [3.63, 3.8) is 0 Å². The van der Waals surface area contributed by atoms with Gasteiger partial charge in [-0.2, -0.15) is 0 Å². The van der Waals surface area contributed by atoms with Crippen LogP contribution < -0.4 is 20.3 Å². The van der Waals surface area contributed by atoms with Gasteiger partial charge in [-0.05, 0) is 49.9 Å². The molecule has 2 fully saturated rings. The summed E-state index contributed by atoms with van der Waals surface area (Å²) in [7, 11) is -1.42. The van der Waals surface area contributed by atoms with Crippen LogP contribution in [0.1, 0.15) is 36.0 Å². The molecule has 5 rings (SSSR count). The first kappa shape index (κ1) is 28.1. The largest absolute Gasteiger partial charge is 0.490 e. The van der Waals surface area contributed by atoms with E-state index in [-0.39, 0.29) is 35.2 Å². The number of carbonyl (C=O) groups excluding carboxylic acids is 1. The minimum absolute atomic E-state index is 0.0475. The fraction of sp³-hybridized carbons (Fsp3) is 0.407. The molecule has 12 heteroatoms. The zero-order valence-corrected chi connectivity index (χ0v) is 23.5. The number of nitrogens with one attached hydrogen (secondary N) is 3. The number of hydrogen-bond donors (Lipinski definition) is 4. The Bertz CT molecular complexity index is 1440. The number of H-pyrrole nitrogens is 1. The van der Waals surface area contributed by atoms with Crippen LogP contribution in [0.5, 0.6) is 5.75 Å². The van der Waals surface area contributed by atoms with Crippen molar-refractivity contribution in [3.05, 3.63) is 68.6 Å². The van der Waals surface area contributed by atoms with Gasteiger partial charge in [0, 0.05) is 55.3 Å². The van der Waals surface area contributed by atoms with Crippen LogP contribution >= 0.6 is 23.2 Å². The van der Waals surface area contributed by atoms with Crippen LogP contribution in [0.3, 0.4) is 0 Å². The van der Waals surface area contributed by atoms with Crippen LogP contribution in [0.2, 0.25) is 10.0 Å². The lowest BCUT2D eigenvalue weighted by Gasteiger charge is -2.33. The number of amides is 1. The predicted octanol–water partition coefficient (Wildman–Crippen LogP) is 3.24. The first-order valence-corrected chi connectivity index (χ1v) is 14.8. The van der Waals surface area contributed by atoms with Gasteiger partial charge in [0.25, 0.3) is 11.5 Å². The molecule has 1 unspecified atom stereocenters. The van der Waals surface area contributed by atoms with Crippen LogP contribution in [-0.2, 0) is 11.0 Å². The summed E-state index contributed by atoms with van der Waals surface area (Å²) in [5.74, 6) is 0.272. The van der Waals surface area contributed by atoms with E-state index < -0.39 is 23.0 Å². The highest BCUT2D eigenvalue weighted by atomic mass is 35.5. The highest BCUT2D eigenvalue weighted by molar-refractivity contribution is 7.83. The van der Waals surface area contributed by atoms with Crippen molar-refractivity contribution in [1.82, 2.24) is 19.9 Å². The van der Waals surface area contributed by atoms with Crippen molar-refractivity contribution in [2.45, 2.75) is 48.8 Å². The summed E-state index contributed by atoms with van der Waals surface area (Å²) < 4.78 is 21.5. The van der Waals surface area contributed by atoms with Gasteiger partial charge in [0.1, 0.15) is 22.8 Å².